The molecule has 3 rings (SSSR count). The summed E-state index contributed by atoms with van der Waals surface area (Å²) in [7, 11) is 0. The Kier molecular flexibility index (Phi) is 4.14. The molecular formula is C15H11ClFIN2O. The number of hydrogen-bond acceptors (Lipinski definition) is 3. The molecule has 1 aliphatic heterocycles. The van der Waals surface area contributed by atoms with Gasteiger partial charge in [-0.25, -0.2) is 4.39 Å². The van der Waals surface area contributed by atoms with Crippen LogP contribution in [-0.2, 0) is 0 Å². The summed E-state index contributed by atoms with van der Waals surface area (Å²) in [5.41, 5.74) is 2.09. The molecule has 0 spiro atoms. The number of halogens is 3. The number of nitrogens with one attached hydrogen (secondary N) is 1. The first-order valence-corrected chi connectivity index (χ1v) is 7.76. The van der Waals surface area contributed by atoms with Gasteiger partial charge in [-0.15, -0.1) is 0 Å². The highest BCUT2D eigenvalue weighted by atomic mass is 127. The van der Waals surface area contributed by atoms with Gasteiger partial charge in [0.2, 0.25) is 0 Å². The Morgan fingerprint density at radius 3 is 2.81 bits per heavy atom. The van der Waals surface area contributed by atoms with E-state index in [-0.39, 0.29) is 12.4 Å². The van der Waals surface area contributed by atoms with Gasteiger partial charge in [0.1, 0.15) is 12.0 Å². The first kappa shape index (κ1) is 14.7. The maximum Gasteiger partial charge on any atom is 0.144 e. The van der Waals surface area contributed by atoms with Gasteiger partial charge in [0, 0.05) is 20.4 Å². The molecule has 0 saturated carbocycles. The number of aliphatic imine (C=N–C) groups is 1. The fourth-order valence-corrected chi connectivity index (χ4v) is 2.96. The van der Waals surface area contributed by atoms with Gasteiger partial charge in [-0.1, -0.05) is 23.7 Å². The van der Waals surface area contributed by atoms with Crippen molar-refractivity contribution in [2.45, 2.75) is 6.23 Å². The maximum absolute atomic E-state index is 14.1. The molecule has 0 bridgehead atoms. The first-order valence-electron chi connectivity index (χ1n) is 6.30. The van der Waals surface area contributed by atoms with Gasteiger partial charge in [-0.2, -0.15) is 0 Å². The highest BCUT2D eigenvalue weighted by Gasteiger charge is 2.23. The smallest absolute Gasteiger partial charge is 0.144 e. The number of fused-ring (bicyclic) bond motifs is 1. The summed E-state index contributed by atoms with van der Waals surface area (Å²) in [6, 6.07) is 10.1. The monoisotopic (exact) mass is 416 g/mol. The van der Waals surface area contributed by atoms with Crippen LogP contribution in [0.3, 0.4) is 0 Å². The van der Waals surface area contributed by atoms with Crippen LogP contribution in [0, 0.1) is 9.39 Å². The van der Waals surface area contributed by atoms with E-state index in [2.05, 4.69) is 32.9 Å². The zero-order valence-corrected chi connectivity index (χ0v) is 13.7. The molecule has 3 nitrogen and oxygen atoms in total. The third-order valence-electron chi connectivity index (χ3n) is 3.21. The van der Waals surface area contributed by atoms with Gasteiger partial charge in [-0.3, -0.25) is 4.99 Å². The third kappa shape index (κ3) is 2.77. The van der Waals surface area contributed by atoms with Gasteiger partial charge >= 0.3 is 0 Å². The van der Waals surface area contributed by atoms with Crippen molar-refractivity contribution in [3.63, 3.8) is 0 Å². The van der Waals surface area contributed by atoms with Crippen LogP contribution in [0.25, 0.3) is 0 Å². The van der Waals surface area contributed by atoms with E-state index in [0.29, 0.717) is 27.5 Å². The molecule has 2 aromatic rings. The van der Waals surface area contributed by atoms with Crippen molar-refractivity contribution in [1.29, 1.82) is 0 Å². The number of rotatable bonds is 1. The van der Waals surface area contributed by atoms with E-state index in [1.54, 1.807) is 18.2 Å². The number of hydrogen-bond donors (Lipinski definition) is 2. The summed E-state index contributed by atoms with van der Waals surface area (Å²) < 4.78 is 15.0. The van der Waals surface area contributed by atoms with Crippen LogP contribution >= 0.6 is 34.2 Å². The Labute approximate surface area is 140 Å². The third-order valence-corrected chi connectivity index (χ3v) is 4.82. The molecule has 1 heterocycles. The quantitative estimate of drug-likeness (QED) is 0.697. The number of anilines is 1. The molecule has 6 heteroatoms. The van der Waals surface area contributed by atoms with Crippen LogP contribution in [0.15, 0.2) is 41.4 Å². The number of aliphatic hydroxyl groups is 1. The van der Waals surface area contributed by atoms with E-state index in [9.17, 15) is 9.50 Å². The normalized spacial score (nSPS) is 17.5. The second-order valence-corrected chi connectivity index (χ2v) is 6.15. The molecule has 2 N–H and O–H groups in total. The largest absolute Gasteiger partial charge is 0.372 e. The Morgan fingerprint density at radius 1 is 1.29 bits per heavy atom. The molecule has 0 aromatic heterocycles. The van der Waals surface area contributed by atoms with Crippen LogP contribution in [0.2, 0.25) is 5.02 Å². The molecule has 0 fully saturated rings. The van der Waals surface area contributed by atoms with Crippen molar-refractivity contribution < 1.29 is 9.50 Å². The van der Waals surface area contributed by atoms with Crippen LogP contribution < -0.4 is 5.32 Å². The van der Waals surface area contributed by atoms with E-state index in [1.165, 1.54) is 6.07 Å². The van der Waals surface area contributed by atoms with Crippen molar-refractivity contribution in [1.82, 2.24) is 0 Å². The lowest BCUT2D eigenvalue weighted by Crippen LogP contribution is -2.20. The maximum atomic E-state index is 14.1. The summed E-state index contributed by atoms with van der Waals surface area (Å²) in [4.78, 5) is 4.35. The highest BCUT2D eigenvalue weighted by Crippen LogP contribution is 2.33. The van der Waals surface area contributed by atoms with Crippen molar-refractivity contribution >= 4 is 45.6 Å². The van der Waals surface area contributed by atoms with E-state index in [0.717, 1.165) is 3.57 Å². The summed E-state index contributed by atoms with van der Waals surface area (Å²) in [5, 5.41) is 13.3. The predicted molar refractivity (Wildman–Crippen MR) is 90.7 cm³/mol. The Hall–Kier alpha value is -1.18. The summed E-state index contributed by atoms with van der Waals surface area (Å²) in [6.07, 6.45) is -0.829. The molecule has 0 aliphatic carbocycles. The molecule has 2 aromatic carbocycles. The van der Waals surface area contributed by atoms with Crippen LogP contribution in [0.4, 0.5) is 10.1 Å². The minimum atomic E-state index is -0.829. The fraction of sp³-hybridized carbons (Fsp3) is 0.133. The second-order valence-electron chi connectivity index (χ2n) is 4.61. The summed E-state index contributed by atoms with van der Waals surface area (Å²) in [6.45, 7) is 0.130. The molecule has 1 aliphatic rings. The van der Waals surface area contributed by atoms with Crippen molar-refractivity contribution in [3.8, 4) is 0 Å². The predicted octanol–water partition coefficient (Wildman–Crippen LogP) is 3.67. The average Bonchev–Trinajstić information content (AvgIpc) is 2.63. The molecule has 108 valence electrons. The first-order chi connectivity index (χ1) is 10.1. The Bertz CT molecular complexity index is 736. The topological polar surface area (TPSA) is 44.6 Å². The molecular weight excluding hydrogens is 406 g/mol. The summed E-state index contributed by atoms with van der Waals surface area (Å²) in [5.74, 6) is -0.367. The SMILES string of the molecule is OC1CN=C(c2ccccc2F)c2c(ccc(I)c2Cl)N1. The fourth-order valence-electron chi connectivity index (χ4n) is 2.26. The average molecular weight is 417 g/mol. The lowest BCUT2D eigenvalue weighted by atomic mass is 10.00. The molecule has 21 heavy (non-hydrogen) atoms. The number of benzodiazepines with no additional fused rings is 1. The number of aliphatic hydroxyl groups excluding tert-OH is 1. The summed E-state index contributed by atoms with van der Waals surface area (Å²) >= 11 is 8.51. The zero-order chi connectivity index (χ0) is 15.0. The minimum absolute atomic E-state index is 0.130. The highest BCUT2D eigenvalue weighted by molar-refractivity contribution is 14.1. The zero-order valence-electron chi connectivity index (χ0n) is 10.8. The number of benzene rings is 2. The van der Waals surface area contributed by atoms with E-state index >= 15 is 0 Å². The molecule has 1 atom stereocenters. The van der Waals surface area contributed by atoms with Crippen molar-refractivity contribution in [3.05, 3.63) is 61.9 Å². The lowest BCUT2D eigenvalue weighted by Gasteiger charge is -2.15. The Morgan fingerprint density at radius 2 is 2.05 bits per heavy atom. The van der Waals surface area contributed by atoms with E-state index < -0.39 is 6.23 Å². The molecule has 0 amide bonds. The second kappa shape index (κ2) is 5.90. The van der Waals surface area contributed by atoms with Gasteiger partial charge in [0.05, 0.1) is 17.3 Å². The van der Waals surface area contributed by atoms with Gasteiger partial charge in [0.15, 0.2) is 0 Å². The lowest BCUT2D eigenvalue weighted by molar-refractivity contribution is 0.213. The van der Waals surface area contributed by atoms with Crippen molar-refractivity contribution in [2.24, 2.45) is 4.99 Å². The van der Waals surface area contributed by atoms with Crippen molar-refractivity contribution in [2.75, 3.05) is 11.9 Å². The standard InChI is InChI=1S/C15H11ClFIN2O/c16-14-10(18)5-6-11-13(14)15(19-7-12(21)20-11)8-3-1-2-4-9(8)17/h1-6,12,20-21H,7H2. The van der Waals surface area contributed by atoms with Gasteiger partial charge in [0.25, 0.3) is 0 Å². The van der Waals surface area contributed by atoms with E-state index in [4.69, 9.17) is 11.6 Å². The molecule has 0 radical (unpaired) electrons. The minimum Gasteiger partial charge on any atom is -0.372 e. The van der Waals surface area contributed by atoms with Gasteiger partial charge in [-0.05, 0) is 46.9 Å². The van der Waals surface area contributed by atoms with Crippen LogP contribution in [-0.4, -0.2) is 23.6 Å². The molecule has 1 unspecified atom stereocenters. The van der Waals surface area contributed by atoms with E-state index in [1.807, 2.05) is 12.1 Å². The van der Waals surface area contributed by atoms with Crippen LogP contribution in [0.5, 0.6) is 0 Å². The van der Waals surface area contributed by atoms with Gasteiger partial charge < -0.3 is 10.4 Å². The molecule has 0 saturated heterocycles. The number of nitrogens with zero attached hydrogens (tertiary/aromatic N) is 1. The Balaban J connectivity index is 2.27. The van der Waals surface area contributed by atoms with Crippen LogP contribution in [0.1, 0.15) is 11.1 Å².